The smallest absolute Gasteiger partial charge is 0.138 e. The Bertz CT molecular complexity index is 534. The number of aromatic nitrogens is 1. The highest BCUT2D eigenvalue weighted by molar-refractivity contribution is 9.10. The van der Waals surface area contributed by atoms with Gasteiger partial charge in [-0.1, -0.05) is 22.0 Å². The van der Waals surface area contributed by atoms with Crippen LogP contribution in [0.2, 0.25) is 0 Å². The second-order valence-electron chi connectivity index (χ2n) is 3.97. The zero-order valence-electron chi connectivity index (χ0n) is 8.07. The lowest BCUT2D eigenvalue weighted by atomic mass is 10.1. The molecule has 1 N–H and O–H groups in total. The Morgan fingerprint density at radius 1 is 1.33 bits per heavy atom. The molecule has 0 amide bonds. The molecule has 1 heterocycles. The molecule has 3 heteroatoms. The second kappa shape index (κ2) is 3.20. The fourth-order valence-electron chi connectivity index (χ4n) is 1.82. The molecule has 3 rings (SSSR count). The lowest BCUT2D eigenvalue weighted by Gasteiger charge is -2.05. The summed E-state index contributed by atoms with van der Waals surface area (Å²) in [4.78, 5) is 4.52. The van der Waals surface area contributed by atoms with Crippen LogP contribution in [0.25, 0.3) is 10.9 Å². The number of nitrogens with zero attached hydrogens (tertiary/aromatic N) is 1. The van der Waals surface area contributed by atoms with E-state index in [4.69, 9.17) is 0 Å². The standard InChI is InChI=1S/C12H10BrNO/c13-9-2-1-3-10-8(9)6-11(15)12(14-10)7-4-5-7/h1-3,6-7,15H,4-5H2. The summed E-state index contributed by atoms with van der Waals surface area (Å²) in [5, 5.41) is 10.8. The Labute approximate surface area is 96.1 Å². The molecule has 0 spiro atoms. The van der Waals surface area contributed by atoms with Gasteiger partial charge in [-0.25, -0.2) is 4.98 Å². The second-order valence-corrected chi connectivity index (χ2v) is 4.83. The van der Waals surface area contributed by atoms with E-state index in [1.165, 1.54) is 0 Å². The fraction of sp³-hybridized carbons (Fsp3) is 0.250. The van der Waals surface area contributed by atoms with Gasteiger partial charge in [-0.3, -0.25) is 0 Å². The van der Waals surface area contributed by atoms with Crippen LogP contribution in [0.4, 0.5) is 0 Å². The molecule has 0 saturated heterocycles. The van der Waals surface area contributed by atoms with E-state index in [0.717, 1.165) is 33.9 Å². The van der Waals surface area contributed by atoms with Crippen LogP contribution in [0.5, 0.6) is 5.75 Å². The number of hydrogen-bond acceptors (Lipinski definition) is 2. The normalized spacial score (nSPS) is 15.8. The third kappa shape index (κ3) is 1.51. The van der Waals surface area contributed by atoms with Gasteiger partial charge in [0.15, 0.2) is 0 Å². The minimum Gasteiger partial charge on any atom is -0.506 e. The Kier molecular flexibility index (Phi) is 1.96. The number of benzene rings is 1. The Balaban J connectivity index is 2.29. The average Bonchev–Trinajstić information content (AvgIpc) is 3.02. The van der Waals surface area contributed by atoms with E-state index in [1.807, 2.05) is 18.2 Å². The average molecular weight is 264 g/mol. The molecule has 1 aliphatic carbocycles. The number of hydrogen-bond donors (Lipinski definition) is 1. The third-order valence-corrected chi connectivity index (χ3v) is 3.47. The fourth-order valence-corrected chi connectivity index (χ4v) is 2.29. The van der Waals surface area contributed by atoms with E-state index in [1.54, 1.807) is 6.07 Å². The maximum absolute atomic E-state index is 9.86. The Morgan fingerprint density at radius 2 is 2.13 bits per heavy atom. The zero-order chi connectivity index (χ0) is 10.4. The van der Waals surface area contributed by atoms with Crippen LogP contribution in [-0.4, -0.2) is 10.1 Å². The van der Waals surface area contributed by atoms with Gasteiger partial charge in [-0.2, -0.15) is 0 Å². The van der Waals surface area contributed by atoms with Crippen LogP contribution in [0.15, 0.2) is 28.7 Å². The summed E-state index contributed by atoms with van der Waals surface area (Å²) >= 11 is 3.46. The molecule has 1 aliphatic rings. The molecule has 1 saturated carbocycles. The lowest BCUT2D eigenvalue weighted by molar-refractivity contribution is 0.465. The molecule has 2 aromatic rings. The van der Waals surface area contributed by atoms with Gasteiger partial charge in [0.1, 0.15) is 5.75 Å². The summed E-state index contributed by atoms with van der Waals surface area (Å²) in [6, 6.07) is 7.71. The molecular formula is C12H10BrNO. The maximum atomic E-state index is 9.86. The van der Waals surface area contributed by atoms with Gasteiger partial charge < -0.3 is 5.11 Å². The molecule has 0 aliphatic heterocycles. The number of fused-ring (bicyclic) bond motifs is 1. The highest BCUT2D eigenvalue weighted by atomic mass is 79.9. The summed E-state index contributed by atoms with van der Waals surface area (Å²) in [5.41, 5.74) is 1.81. The minimum atomic E-state index is 0.330. The van der Waals surface area contributed by atoms with Crippen molar-refractivity contribution >= 4 is 26.8 Å². The van der Waals surface area contributed by atoms with E-state index >= 15 is 0 Å². The third-order valence-electron chi connectivity index (χ3n) is 2.78. The van der Waals surface area contributed by atoms with E-state index in [9.17, 15) is 5.11 Å². The number of pyridine rings is 1. The maximum Gasteiger partial charge on any atom is 0.138 e. The topological polar surface area (TPSA) is 33.1 Å². The monoisotopic (exact) mass is 263 g/mol. The molecular weight excluding hydrogens is 254 g/mol. The first-order chi connectivity index (χ1) is 7.25. The highest BCUT2D eigenvalue weighted by Gasteiger charge is 2.28. The van der Waals surface area contributed by atoms with E-state index in [2.05, 4.69) is 20.9 Å². The van der Waals surface area contributed by atoms with Crippen molar-refractivity contribution < 1.29 is 5.11 Å². The molecule has 0 unspecified atom stereocenters. The first-order valence-electron chi connectivity index (χ1n) is 5.04. The van der Waals surface area contributed by atoms with Crippen molar-refractivity contribution in [2.75, 3.05) is 0 Å². The first-order valence-corrected chi connectivity index (χ1v) is 5.83. The predicted molar refractivity (Wildman–Crippen MR) is 63.1 cm³/mol. The van der Waals surface area contributed by atoms with Crippen molar-refractivity contribution in [3.05, 3.63) is 34.4 Å². The molecule has 15 heavy (non-hydrogen) atoms. The molecule has 0 radical (unpaired) electrons. The molecule has 1 fully saturated rings. The molecule has 1 aromatic heterocycles. The minimum absolute atomic E-state index is 0.330. The quantitative estimate of drug-likeness (QED) is 0.853. The summed E-state index contributed by atoms with van der Waals surface area (Å²) in [6.45, 7) is 0. The van der Waals surface area contributed by atoms with Crippen LogP contribution in [0.1, 0.15) is 24.5 Å². The van der Waals surface area contributed by atoms with Crippen molar-refractivity contribution in [2.45, 2.75) is 18.8 Å². The SMILES string of the molecule is Oc1cc2c(Br)cccc2nc1C1CC1. The number of rotatable bonds is 1. The predicted octanol–water partition coefficient (Wildman–Crippen LogP) is 3.58. The summed E-state index contributed by atoms with van der Waals surface area (Å²) in [5.74, 6) is 0.810. The van der Waals surface area contributed by atoms with Crippen molar-refractivity contribution in [3.63, 3.8) is 0 Å². The van der Waals surface area contributed by atoms with Crippen molar-refractivity contribution in [1.29, 1.82) is 0 Å². The summed E-state index contributed by atoms with van der Waals surface area (Å²) in [7, 11) is 0. The summed E-state index contributed by atoms with van der Waals surface area (Å²) < 4.78 is 0.977. The Hall–Kier alpha value is -1.09. The first kappa shape index (κ1) is 9.16. The molecule has 0 bridgehead atoms. The molecule has 2 nitrogen and oxygen atoms in total. The van der Waals surface area contributed by atoms with Gasteiger partial charge in [-0.15, -0.1) is 0 Å². The van der Waals surface area contributed by atoms with Crippen LogP contribution in [0.3, 0.4) is 0 Å². The number of halogens is 1. The summed E-state index contributed by atoms with van der Waals surface area (Å²) in [6.07, 6.45) is 2.31. The molecule has 1 aromatic carbocycles. The van der Waals surface area contributed by atoms with Crippen molar-refractivity contribution in [1.82, 2.24) is 4.98 Å². The van der Waals surface area contributed by atoms with Gasteiger partial charge in [0.2, 0.25) is 0 Å². The lowest BCUT2D eigenvalue weighted by Crippen LogP contribution is -1.89. The largest absolute Gasteiger partial charge is 0.506 e. The Morgan fingerprint density at radius 3 is 2.87 bits per heavy atom. The van der Waals surface area contributed by atoms with Gasteiger partial charge in [0.05, 0.1) is 11.2 Å². The van der Waals surface area contributed by atoms with E-state index in [0.29, 0.717) is 11.7 Å². The molecule has 76 valence electrons. The number of aromatic hydroxyl groups is 1. The van der Waals surface area contributed by atoms with Crippen molar-refractivity contribution in [2.24, 2.45) is 0 Å². The van der Waals surface area contributed by atoms with E-state index in [-0.39, 0.29) is 0 Å². The van der Waals surface area contributed by atoms with Crippen LogP contribution < -0.4 is 0 Å². The van der Waals surface area contributed by atoms with Crippen LogP contribution in [-0.2, 0) is 0 Å². The van der Waals surface area contributed by atoms with Gasteiger partial charge in [0.25, 0.3) is 0 Å². The zero-order valence-corrected chi connectivity index (χ0v) is 9.66. The molecule has 0 atom stereocenters. The van der Waals surface area contributed by atoms with Gasteiger partial charge in [-0.05, 0) is 31.0 Å². The highest BCUT2D eigenvalue weighted by Crippen LogP contribution is 2.44. The van der Waals surface area contributed by atoms with Gasteiger partial charge >= 0.3 is 0 Å². The van der Waals surface area contributed by atoms with Crippen molar-refractivity contribution in [3.8, 4) is 5.75 Å². The van der Waals surface area contributed by atoms with E-state index < -0.39 is 0 Å². The van der Waals surface area contributed by atoms with Crippen LogP contribution >= 0.6 is 15.9 Å². The van der Waals surface area contributed by atoms with Crippen LogP contribution in [0, 0.1) is 0 Å². The van der Waals surface area contributed by atoms with Gasteiger partial charge in [0, 0.05) is 15.8 Å².